The minimum absolute atomic E-state index is 0.479. The number of nitrogens with zero attached hydrogens (tertiary/aromatic N) is 1. The van der Waals surface area contributed by atoms with Gasteiger partial charge in [-0.2, -0.15) is 0 Å². The second kappa shape index (κ2) is 5.77. The molecule has 0 saturated heterocycles. The Bertz CT molecular complexity index is 597. The molecule has 2 amide bonds. The molecule has 0 aliphatic carbocycles. The summed E-state index contributed by atoms with van der Waals surface area (Å²) in [5, 5.41) is 5.03. The molecule has 0 unspecified atom stereocenters. The van der Waals surface area contributed by atoms with Crippen LogP contribution in [0.15, 0.2) is 48.8 Å². The molecule has 2 aromatic rings. The lowest BCUT2D eigenvalue weighted by Crippen LogP contribution is -2.29. The number of nitrogens with one attached hydrogen (secondary N) is 2. The lowest BCUT2D eigenvalue weighted by Gasteiger charge is -2.08. The molecule has 2 N–H and O–H groups in total. The summed E-state index contributed by atoms with van der Waals surface area (Å²) in [5.41, 5.74) is 1.99. The second-order valence-corrected chi connectivity index (χ2v) is 3.96. The second-order valence-electron chi connectivity index (χ2n) is 3.96. The van der Waals surface area contributed by atoms with Gasteiger partial charge in [-0.3, -0.25) is 14.6 Å². The summed E-state index contributed by atoms with van der Waals surface area (Å²) in [7, 11) is 0. The molecule has 5 heteroatoms. The third-order valence-electron chi connectivity index (χ3n) is 2.52. The van der Waals surface area contributed by atoms with Crippen LogP contribution in [0.4, 0.5) is 11.4 Å². The maximum absolute atomic E-state index is 11.7. The standard InChI is InChI=1S/C14H13N3O2/c1-10-5-2-3-7-12(10)17-14(19)13(18)16-11-6-4-8-15-9-11/h2-9H,1H3,(H,16,18)(H,17,19). The Kier molecular flexibility index (Phi) is 3.87. The van der Waals surface area contributed by atoms with Crippen molar-refractivity contribution in [3.8, 4) is 0 Å². The number of aromatic nitrogens is 1. The molecule has 0 aliphatic heterocycles. The predicted molar refractivity (Wildman–Crippen MR) is 72.7 cm³/mol. The van der Waals surface area contributed by atoms with Gasteiger partial charge in [-0.15, -0.1) is 0 Å². The maximum atomic E-state index is 11.7. The normalized spacial score (nSPS) is 9.74. The Labute approximate surface area is 110 Å². The summed E-state index contributed by atoms with van der Waals surface area (Å²) < 4.78 is 0. The number of carbonyl (C=O) groups excluding carboxylic acids is 2. The largest absolute Gasteiger partial charge is 0.318 e. The van der Waals surface area contributed by atoms with Crippen LogP contribution in [0, 0.1) is 6.92 Å². The summed E-state index contributed by atoms with van der Waals surface area (Å²) in [6.45, 7) is 1.86. The van der Waals surface area contributed by atoms with E-state index in [1.807, 2.05) is 19.1 Å². The van der Waals surface area contributed by atoms with Crippen molar-refractivity contribution < 1.29 is 9.59 Å². The van der Waals surface area contributed by atoms with Gasteiger partial charge in [0.1, 0.15) is 0 Å². The van der Waals surface area contributed by atoms with E-state index in [1.54, 1.807) is 30.5 Å². The van der Waals surface area contributed by atoms with Crippen LogP contribution < -0.4 is 10.6 Å². The molecular weight excluding hydrogens is 242 g/mol. The van der Waals surface area contributed by atoms with E-state index >= 15 is 0 Å². The van der Waals surface area contributed by atoms with E-state index in [1.165, 1.54) is 6.20 Å². The number of hydrogen-bond acceptors (Lipinski definition) is 3. The number of hydrogen-bond donors (Lipinski definition) is 2. The molecule has 1 aromatic carbocycles. The van der Waals surface area contributed by atoms with Gasteiger partial charge < -0.3 is 10.6 Å². The fraction of sp³-hybridized carbons (Fsp3) is 0.0714. The van der Waals surface area contributed by atoms with Gasteiger partial charge in [-0.1, -0.05) is 18.2 Å². The van der Waals surface area contributed by atoms with Gasteiger partial charge in [0, 0.05) is 11.9 Å². The van der Waals surface area contributed by atoms with Crippen LogP contribution in [0.1, 0.15) is 5.56 Å². The molecule has 96 valence electrons. The molecule has 0 saturated carbocycles. The highest BCUT2D eigenvalue weighted by atomic mass is 16.2. The number of benzene rings is 1. The molecule has 0 atom stereocenters. The first-order valence-corrected chi connectivity index (χ1v) is 5.75. The van der Waals surface area contributed by atoms with Gasteiger partial charge in [0.2, 0.25) is 0 Å². The average molecular weight is 255 g/mol. The zero-order chi connectivity index (χ0) is 13.7. The molecule has 19 heavy (non-hydrogen) atoms. The van der Waals surface area contributed by atoms with Crippen LogP contribution in [0.25, 0.3) is 0 Å². The Morgan fingerprint density at radius 2 is 1.74 bits per heavy atom. The van der Waals surface area contributed by atoms with Crippen LogP contribution in [-0.4, -0.2) is 16.8 Å². The quantitative estimate of drug-likeness (QED) is 0.806. The van der Waals surface area contributed by atoms with Crippen LogP contribution in [-0.2, 0) is 9.59 Å². The highest BCUT2D eigenvalue weighted by molar-refractivity contribution is 6.43. The molecule has 2 rings (SSSR count). The Morgan fingerprint density at radius 1 is 1.00 bits per heavy atom. The van der Waals surface area contributed by atoms with Gasteiger partial charge in [0.05, 0.1) is 11.9 Å². The third-order valence-corrected chi connectivity index (χ3v) is 2.52. The van der Waals surface area contributed by atoms with E-state index in [0.29, 0.717) is 11.4 Å². The number of carbonyl (C=O) groups is 2. The van der Waals surface area contributed by atoms with Crippen molar-refractivity contribution in [2.75, 3.05) is 10.6 Å². The minimum Gasteiger partial charge on any atom is -0.318 e. The molecule has 1 aromatic heterocycles. The summed E-state index contributed by atoms with van der Waals surface area (Å²) in [6, 6.07) is 10.6. The average Bonchev–Trinajstić information content (AvgIpc) is 2.42. The minimum atomic E-state index is -0.726. The lowest BCUT2D eigenvalue weighted by atomic mass is 10.2. The van der Waals surface area contributed by atoms with Crippen LogP contribution >= 0.6 is 0 Å². The summed E-state index contributed by atoms with van der Waals surface area (Å²) in [5.74, 6) is -1.44. The number of aryl methyl sites for hydroxylation is 1. The molecule has 1 heterocycles. The van der Waals surface area contributed by atoms with E-state index < -0.39 is 11.8 Å². The van der Waals surface area contributed by atoms with E-state index in [9.17, 15) is 9.59 Å². The topological polar surface area (TPSA) is 71.1 Å². The highest BCUT2D eigenvalue weighted by Crippen LogP contribution is 2.13. The molecule has 0 aliphatic rings. The van der Waals surface area contributed by atoms with E-state index in [0.717, 1.165) is 5.56 Å². The van der Waals surface area contributed by atoms with E-state index in [4.69, 9.17) is 0 Å². The van der Waals surface area contributed by atoms with Crippen LogP contribution in [0.2, 0.25) is 0 Å². The first kappa shape index (κ1) is 12.8. The van der Waals surface area contributed by atoms with Crippen molar-refractivity contribution >= 4 is 23.2 Å². The van der Waals surface area contributed by atoms with Gasteiger partial charge in [0.25, 0.3) is 0 Å². The fourth-order valence-corrected chi connectivity index (χ4v) is 1.52. The lowest BCUT2D eigenvalue weighted by molar-refractivity contribution is -0.133. The number of para-hydroxylation sites is 1. The SMILES string of the molecule is Cc1ccccc1NC(=O)C(=O)Nc1cccnc1. The zero-order valence-corrected chi connectivity index (χ0v) is 10.4. The Morgan fingerprint density at radius 3 is 2.42 bits per heavy atom. The monoisotopic (exact) mass is 255 g/mol. The van der Waals surface area contributed by atoms with Crippen molar-refractivity contribution in [3.05, 3.63) is 54.4 Å². The summed E-state index contributed by atoms with van der Waals surface area (Å²) in [4.78, 5) is 27.3. The fourth-order valence-electron chi connectivity index (χ4n) is 1.52. The number of amides is 2. The number of rotatable bonds is 2. The van der Waals surface area contributed by atoms with Crippen molar-refractivity contribution in [1.29, 1.82) is 0 Å². The van der Waals surface area contributed by atoms with Crippen molar-refractivity contribution in [1.82, 2.24) is 4.98 Å². The van der Waals surface area contributed by atoms with Crippen molar-refractivity contribution in [2.45, 2.75) is 6.92 Å². The molecule has 0 radical (unpaired) electrons. The first-order valence-electron chi connectivity index (χ1n) is 5.75. The maximum Gasteiger partial charge on any atom is 0.314 e. The van der Waals surface area contributed by atoms with E-state index in [-0.39, 0.29) is 0 Å². The Balaban J connectivity index is 2.01. The van der Waals surface area contributed by atoms with Crippen LogP contribution in [0.5, 0.6) is 0 Å². The zero-order valence-electron chi connectivity index (χ0n) is 10.4. The van der Waals surface area contributed by atoms with Gasteiger partial charge in [-0.25, -0.2) is 0 Å². The van der Waals surface area contributed by atoms with Gasteiger partial charge in [0.15, 0.2) is 0 Å². The number of pyridine rings is 1. The van der Waals surface area contributed by atoms with Crippen LogP contribution in [0.3, 0.4) is 0 Å². The molecule has 0 fully saturated rings. The predicted octanol–water partition coefficient (Wildman–Crippen LogP) is 1.97. The molecule has 0 bridgehead atoms. The third kappa shape index (κ3) is 3.38. The van der Waals surface area contributed by atoms with Gasteiger partial charge >= 0.3 is 11.8 Å². The van der Waals surface area contributed by atoms with Gasteiger partial charge in [-0.05, 0) is 30.7 Å². The molecule has 0 spiro atoms. The van der Waals surface area contributed by atoms with E-state index in [2.05, 4.69) is 15.6 Å². The smallest absolute Gasteiger partial charge is 0.314 e. The molecular formula is C14H13N3O2. The summed E-state index contributed by atoms with van der Waals surface area (Å²) >= 11 is 0. The van der Waals surface area contributed by atoms with Crippen molar-refractivity contribution in [2.24, 2.45) is 0 Å². The van der Waals surface area contributed by atoms with Crippen molar-refractivity contribution in [3.63, 3.8) is 0 Å². The highest BCUT2D eigenvalue weighted by Gasteiger charge is 2.14. The Hall–Kier alpha value is -2.69. The molecule has 5 nitrogen and oxygen atoms in total. The number of anilines is 2. The summed E-state index contributed by atoms with van der Waals surface area (Å²) in [6.07, 6.45) is 3.06. The first-order chi connectivity index (χ1) is 9.16.